The molecular formula is C34H42N6O7S. The van der Waals surface area contributed by atoms with Gasteiger partial charge in [-0.2, -0.15) is 9.61 Å². The predicted octanol–water partition coefficient (Wildman–Crippen LogP) is 4.74. The Hall–Kier alpha value is -4.85. The molecule has 0 radical (unpaired) electrons. The number of ether oxygens (including phenoxy) is 3. The molecule has 48 heavy (non-hydrogen) atoms. The van der Waals surface area contributed by atoms with Gasteiger partial charge in [0.25, 0.3) is 0 Å². The van der Waals surface area contributed by atoms with Crippen molar-refractivity contribution in [3.05, 3.63) is 59.8 Å². The van der Waals surface area contributed by atoms with Gasteiger partial charge in [0.05, 0.1) is 31.4 Å². The topological polar surface area (TPSA) is 136 Å². The number of hydrogen-bond acceptors (Lipinski definition) is 10. The highest BCUT2D eigenvalue weighted by Crippen LogP contribution is 2.37. The highest BCUT2D eigenvalue weighted by molar-refractivity contribution is 7.90. The first kappa shape index (κ1) is 34.5. The summed E-state index contributed by atoms with van der Waals surface area (Å²) in [5.74, 6) is 2.07. The quantitative estimate of drug-likeness (QED) is 0.257. The summed E-state index contributed by atoms with van der Waals surface area (Å²) in [4.78, 5) is 36.7. The highest BCUT2D eigenvalue weighted by Gasteiger charge is 2.30. The first-order valence-electron chi connectivity index (χ1n) is 15.5. The average molecular weight is 679 g/mol. The summed E-state index contributed by atoms with van der Waals surface area (Å²) >= 11 is 0. The number of amides is 2. The van der Waals surface area contributed by atoms with Crippen molar-refractivity contribution in [3.8, 4) is 22.6 Å². The van der Waals surface area contributed by atoms with Crippen molar-refractivity contribution < 1.29 is 32.2 Å². The van der Waals surface area contributed by atoms with Gasteiger partial charge in [0.2, 0.25) is 5.91 Å². The number of benzene rings is 2. The Bertz CT molecular complexity index is 1960. The zero-order chi connectivity index (χ0) is 35.0. The Labute approximate surface area is 280 Å². The van der Waals surface area contributed by atoms with E-state index in [1.54, 1.807) is 75.6 Å². The molecule has 4 aromatic rings. The van der Waals surface area contributed by atoms with Gasteiger partial charge in [-0.15, -0.1) is 0 Å². The van der Waals surface area contributed by atoms with E-state index in [0.717, 1.165) is 17.4 Å². The van der Waals surface area contributed by atoms with Gasteiger partial charge in [-0.3, -0.25) is 9.69 Å². The zero-order valence-electron chi connectivity index (χ0n) is 28.6. The van der Waals surface area contributed by atoms with Crippen molar-refractivity contribution >= 4 is 39.1 Å². The van der Waals surface area contributed by atoms with Crippen LogP contribution in [0.1, 0.15) is 39.0 Å². The largest absolute Gasteiger partial charge is 0.493 e. The average Bonchev–Trinajstić information content (AvgIpc) is 3.37. The van der Waals surface area contributed by atoms with E-state index < -0.39 is 21.5 Å². The summed E-state index contributed by atoms with van der Waals surface area (Å²) in [6.45, 7) is 10.9. The van der Waals surface area contributed by atoms with E-state index in [2.05, 4.69) is 4.90 Å². The van der Waals surface area contributed by atoms with E-state index in [4.69, 9.17) is 24.3 Å². The van der Waals surface area contributed by atoms with Crippen LogP contribution in [0.2, 0.25) is 0 Å². The number of nitrogens with zero attached hydrogens (tertiary/aromatic N) is 6. The molecule has 1 saturated heterocycles. The molecule has 3 heterocycles. The summed E-state index contributed by atoms with van der Waals surface area (Å²) < 4.78 is 43.4. The number of fused-ring (bicyclic) bond motifs is 1. The van der Waals surface area contributed by atoms with Crippen LogP contribution in [0.4, 0.5) is 16.4 Å². The number of sulfone groups is 1. The fourth-order valence-corrected chi connectivity index (χ4v) is 6.33. The number of hydrogen-bond donors (Lipinski definition) is 0. The fourth-order valence-electron chi connectivity index (χ4n) is 5.64. The van der Waals surface area contributed by atoms with Crippen molar-refractivity contribution in [1.82, 2.24) is 19.5 Å². The molecule has 5 rings (SSSR count). The van der Waals surface area contributed by atoms with Gasteiger partial charge in [0, 0.05) is 51.0 Å². The molecule has 0 atom stereocenters. The lowest BCUT2D eigenvalue weighted by atomic mass is 10.1. The van der Waals surface area contributed by atoms with E-state index in [1.165, 1.54) is 11.0 Å². The van der Waals surface area contributed by atoms with Crippen LogP contribution < -0.4 is 19.3 Å². The number of anilines is 2. The lowest BCUT2D eigenvalue weighted by Gasteiger charge is -2.35. The van der Waals surface area contributed by atoms with Gasteiger partial charge >= 0.3 is 6.09 Å². The molecule has 0 unspecified atom stereocenters. The SMILES string of the molecule is COc1ccc(-c2c(C)nn3c(N(Cc4cccc(S(C)(=O)=O)c4)C(=O)OC(C)(C)C)cc(N4CCN(C(C)=O)CC4)nc23)cc1OC. The number of methoxy groups -OCH3 is 2. The van der Waals surface area contributed by atoms with Gasteiger partial charge in [0.15, 0.2) is 27.0 Å². The number of aryl methyl sites for hydroxylation is 1. The monoisotopic (exact) mass is 678 g/mol. The zero-order valence-corrected chi connectivity index (χ0v) is 29.4. The molecule has 0 bridgehead atoms. The summed E-state index contributed by atoms with van der Waals surface area (Å²) in [5.41, 5.74) is 2.39. The van der Waals surface area contributed by atoms with Crippen molar-refractivity contribution in [2.45, 2.75) is 51.7 Å². The molecule has 0 N–H and O–H groups in total. The van der Waals surface area contributed by atoms with Crippen molar-refractivity contribution in [2.75, 3.05) is 56.5 Å². The van der Waals surface area contributed by atoms with Gasteiger partial charge < -0.3 is 24.0 Å². The summed E-state index contributed by atoms with van der Waals surface area (Å²) in [6, 6.07) is 13.8. The Kier molecular flexibility index (Phi) is 9.58. The highest BCUT2D eigenvalue weighted by atomic mass is 32.2. The first-order valence-corrected chi connectivity index (χ1v) is 17.4. The maximum Gasteiger partial charge on any atom is 0.416 e. The lowest BCUT2D eigenvalue weighted by Crippen LogP contribution is -2.48. The normalized spacial score (nSPS) is 13.8. The van der Waals surface area contributed by atoms with E-state index in [1.807, 2.05) is 25.1 Å². The van der Waals surface area contributed by atoms with Crippen molar-refractivity contribution in [1.29, 1.82) is 0 Å². The third-order valence-electron chi connectivity index (χ3n) is 8.01. The van der Waals surface area contributed by atoms with E-state index in [-0.39, 0.29) is 17.3 Å². The van der Waals surface area contributed by atoms with Crippen LogP contribution in [-0.4, -0.2) is 92.2 Å². The Balaban J connectivity index is 1.73. The third-order valence-corrected chi connectivity index (χ3v) is 9.12. The molecule has 1 fully saturated rings. The molecule has 0 aliphatic carbocycles. The molecule has 0 saturated carbocycles. The number of aromatic nitrogens is 3. The second-order valence-corrected chi connectivity index (χ2v) is 14.7. The molecule has 2 aromatic heterocycles. The second kappa shape index (κ2) is 13.3. The maximum absolute atomic E-state index is 14.0. The summed E-state index contributed by atoms with van der Waals surface area (Å²) in [7, 11) is -0.364. The molecule has 2 aromatic carbocycles. The molecule has 2 amide bonds. The van der Waals surface area contributed by atoms with Crippen LogP contribution in [-0.2, 0) is 25.9 Å². The van der Waals surface area contributed by atoms with Crippen LogP contribution in [0.3, 0.4) is 0 Å². The third kappa shape index (κ3) is 7.33. The molecule has 1 aliphatic rings. The Morgan fingerprint density at radius 1 is 0.958 bits per heavy atom. The standard InChI is InChI=1S/C34H42N6O7S/c1-22-31(25-12-13-27(45-6)28(19-25)46-7)32-35-29(38-16-14-37(15-17-38)23(2)41)20-30(40(32)36-22)39(33(42)47-34(3,4)5)21-24-10-9-11-26(18-24)48(8,43)44/h9-13,18-20H,14-17,21H2,1-8H3. The minimum absolute atomic E-state index is 0.00771. The first-order chi connectivity index (χ1) is 22.6. The molecule has 0 spiro atoms. The summed E-state index contributed by atoms with van der Waals surface area (Å²) in [5, 5.41) is 4.87. The lowest BCUT2D eigenvalue weighted by molar-refractivity contribution is -0.129. The fraction of sp³-hybridized carbons (Fsp3) is 0.412. The van der Waals surface area contributed by atoms with E-state index in [9.17, 15) is 18.0 Å². The molecule has 13 nitrogen and oxygen atoms in total. The van der Waals surface area contributed by atoms with Gasteiger partial charge in [-0.1, -0.05) is 18.2 Å². The number of piperazine rings is 1. The van der Waals surface area contributed by atoms with Crippen LogP contribution in [0.15, 0.2) is 53.4 Å². The van der Waals surface area contributed by atoms with E-state index in [0.29, 0.717) is 66.2 Å². The molecule has 1 aliphatic heterocycles. The smallest absolute Gasteiger partial charge is 0.416 e. The molecular weight excluding hydrogens is 636 g/mol. The van der Waals surface area contributed by atoms with Gasteiger partial charge in [-0.25, -0.2) is 18.2 Å². The minimum Gasteiger partial charge on any atom is -0.493 e. The van der Waals surface area contributed by atoms with Gasteiger partial charge in [0.1, 0.15) is 17.2 Å². The van der Waals surface area contributed by atoms with Crippen LogP contribution >= 0.6 is 0 Å². The Morgan fingerprint density at radius 3 is 2.25 bits per heavy atom. The maximum atomic E-state index is 14.0. The van der Waals surface area contributed by atoms with Crippen molar-refractivity contribution in [2.24, 2.45) is 0 Å². The second-order valence-electron chi connectivity index (χ2n) is 12.7. The molecule has 14 heteroatoms. The van der Waals surface area contributed by atoms with E-state index >= 15 is 0 Å². The number of carbonyl (C=O) groups excluding carboxylic acids is 2. The predicted molar refractivity (Wildman–Crippen MR) is 183 cm³/mol. The number of carbonyl (C=O) groups is 2. The molecule has 256 valence electrons. The minimum atomic E-state index is -3.50. The van der Waals surface area contributed by atoms with Crippen LogP contribution in [0.5, 0.6) is 11.5 Å². The van der Waals surface area contributed by atoms with Crippen LogP contribution in [0, 0.1) is 6.92 Å². The van der Waals surface area contributed by atoms with Crippen LogP contribution in [0.25, 0.3) is 16.8 Å². The number of rotatable bonds is 8. The van der Waals surface area contributed by atoms with Crippen molar-refractivity contribution in [3.63, 3.8) is 0 Å². The summed E-state index contributed by atoms with van der Waals surface area (Å²) in [6.07, 6.45) is 0.498. The Morgan fingerprint density at radius 2 is 1.65 bits per heavy atom. The van der Waals surface area contributed by atoms with Gasteiger partial charge in [-0.05, 0) is 63.1 Å².